The summed E-state index contributed by atoms with van der Waals surface area (Å²) in [4.78, 5) is 11.6. The maximum Gasteiger partial charge on any atom is 0.308 e. The SMILES string of the molecule is COC(=O)C[C@@]1(O)C[C@H]2C(C)(C)[C@@]2(O[Si](C)(C)C(C)(C)C)C[C@@H]1O. The van der Waals surface area contributed by atoms with Crippen molar-refractivity contribution >= 4 is 14.3 Å². The Kier molecular flexibility index (Phi) is 4.58. The first-order valence-corrected chi connectivity index (χ1v) is 11.7. The Morgan fingerprint density at radius 3 is 2.25 bits per heavy atom. The van der Waals surface area contributed by atoms with Crippen LogP contribution in [0.4, 0.5) is 0 Å². The minimum absolute atomic E-state index is 0.0791. The number of ether oxygens (including phenoxy) is 1. The molecule has 0 unspecified atom stereocenters. The van der Waals surface area contributed by atoms with Gasteiger partial charge in [-0.1, -0.05) is 34.6 Å². The van der Waals surface area contributed by atoms with E-state index in [2.05, 4.69) is 52.4 Å². The largest absolute Gasteiger partial charge is 0.469 e. The molecule has 0 radical (unpaired) electrons. The van der Waals surface area contributed by atoms with Crippen LogP contribution in [0.1, 0.15) is 53.9 Å². The third-order valence-electron chi connectivity index (χ3n) is 7.04. The minimum atomic E-state index is -2.01. The quantitative estimate of drug-likeness (QED) is 0.597. The summed E-state index contributed by atoms with van der Waals surface area (Å²) in [6.45, 7) is 15.3. The Labute approximate surface area is 146 Å². The fraction of sp³-hybridized carbons (Fsp3) is 0.944. The summed E-state index contributed by atoms with van der Waals surface area (Å²) >= 11 is 0. The Hall–Kier alpha value is -0.433. The van der Waals surface area contributed by atoms with Gasteiger partial charge in [-0.3, -0.25) is 4.79 Å². The number of carbonyl (C=O) groups is 1. The highest BCUT2D eigenvalue weighted by Gasteiger charge is 2.78. The lowest BCUT2D eigenvalue weighted by Gasteiger charge is -2.45. The molecule has 140 valence electrons. The van der Waals surface area contributed by atoms with Gasteiger partial charge in [-0.25, -0.2) is 0 Å². The van der Waals surface area contributed by atoms with Crippen molar-refractivity contribution in [3.8, 4) is 0 Å². The highest BCUT2D eigenvalue weighted by molar-refractivity contribution is 6.74. The van der Waals surface area contributed by atoms with Crippen LogP contribution in [0.25, 0.3) is 0 Å². The minimum Gasteiger partial charge on any atom is -0.469 e. The van der Waals surface area contributed by atoms with Crippen molar-refractivity contribution in [2.45, 2.75) is 89.3 Å². The molecule has 0 aliphatic heterocycles. The van der Waals surface area contributed by atoms with Crippen molar-refractivity contribution in [3.63, 3.8) is 0 Å². The lowest BCUT2D eigenvalue weighted by atomic mass is 9.79. The monoisotopic (exact) mass is 358 g/mol. The van der Waals surface area contributed by atoms with Gasteiger partial charge in [0, 0.05) is 6.42 Å². The topological polar surface area (TPSA) is 76.0 Å². The van der Waals surface area contributed by atoms with E-state index in [1.54, 1.807) is 0 Å². The molecule has 2 aliphatic carbocycles. The van der Waals surface area contributed by atoms with E-state index in [1.807, 2.05) is 0 Å². The van der Waals surface area contributed by atoms with Crippen LogP contribution in [0, 0.1) is 11.3 Å². The summed E-state index contributed by atoms with van der Waals surface area (Å²) in [5.74, 6) is -0.356. The van der Waals surface area contributed by atoms with Crippen molar-refractivity contribution in [1.29, 1.82) is 0 Å². The van der Waals surface area contributed by atoms with Gasteiger partial charge in [0.25, 0.3) is 0 Å². The zero-order chi connectivity index (χ0) is 18.8. The summed E-state index contributed by atoms with van der Waals surface area (Å²) in [6, 6.07) is 0. The predicted molar refractivity (Wildman–Crippen MR) is 95.1 cm³/mol. The normalized spacial score (nSPS) is 38.4. The Morgan fingerprint density at radius 2 is 1.79 bits per heavy atom. The maximum atomic E-state index is 11.6. The molecule has 24 heavy (non-hydrogen) atoms. The molecule has 0 saturated heterocycles. The van der Waals surface area contributed by atoms with Gasteiger partial charge in [-0.2, -0.15) is 0 Å². The van der Waals surface area contributed by atoms with E-state index in [1.165, 1.54) is 7.11 Å². The van der Waals surface area contributed by atoms with Crippen molar-refractivity contribution in [2.75, 3.05) is 7.11 Å². The van der Waals surface area contributed by atoms with E-state index in [0.29, 0.717) is 12.8 Å². The van der Waals surface area contributed by atoms with Gasteiger partial charge in [0.2, 0.25) is 0 Å². The van der Waals surface area contributed by atoms with Crippen LogP contribution in [0.15, 0.2) is 0 Å². The lowest BCUT2D eigenvalue weighted by Crippen LogP contribution is -2.54. The summed E-state index contributed by atoms with van der Waals surface area (Å²) in [5.41, 5.74) is -1.95. The smallest absolute Gasteiger partial charge is 0.308 e. The number of carbonyl (C=O) groups excluding carboxylic acids is 1. The average Bonchev–Trinajstić information content (AvgIpc) is 2.82. The molecule has 0 heterocycles. The molecule has 4 atom stereocenters. The number of rotatable bonds is 4. The van der Waals surface area contributed by atoms with E-state index < -0.39 is 31.6 Å². The molecule has 0 aromatic rings. The second-order valence-electron chi connectivity index (χ2n) is 9.81. The molecule has 5 nitrogen and oxygen atoms in total. The van der Waals surface area contributed by atoms with Crippen LogP contribution in [0.2, 0.25) is 18.1 Å². The van der Waals surface area contributed by atoms with E-state index >= 15 is 0 Å². The Bertz CT molecular complexity index is 524. The van der Waals surface area contributed by atoms with Crippen LogP contribution in [-0.2, 0) is 14.0 Å². The van der Waals surface area contributed by atoms with Crippen molar-refractivity contribution in [1.82, 2.24) is 0 Å². The summed E-state index contributed by atoms with van der Waals surface area (Å²) in [6.07, 6.45) is -0.428. The zero-order valence-corrected chi connectivity index (χ0v) is 17.4. The van der Waals surface area contributed by atoms with Gasteiger partial charge in [0.1, 0.15) is 5.60 Å². The molecule has 2 rings (SSSR count). The molecule has 2 saturated carbocycles. The van der Waals surface area contributed by atoms with E-state index in [-0.39, 0.29) is 22.8 Å². The summed E-state index contributed by atoms with van der Waals surface area (Å²) < 4.78 is 11.5. The molecule has 2 fully saturated rings. The molecule has 0 aromatic heterocycles. The fourth-order valence-electron chi connectivity index (χ4n) is 4.08. The Morgan fingerprint density at radius 1 is 1.25 bits per heavy atom. The van der Waals surface area contributed by atoms with Crippen LogP contribution in [-0.4, -0.2) is 48.9 Å². The summed E-state index contributed by atoms with van der Waals surface area (Å²) in [5, 5.41) is 21.6. The van der Waals surface area contributed by atoms with E-state index in [0.717, 1.165) is 0 Å². The van der Waals surface area contributed by atoms with Gasteiger partial charge < -0.3 is 19.4 Å². The van der Waals surface area contributed by atoms with Crippen molar-refractivity contribution in [2.24, 2.45) is 11.3 Å². The van der Waals surface area contributed by atoms with Gasteiger partial charge in [0.15, 0.2) is 8.32 Å². The molecule has 0 amide bonds. The third-order valence-corrected chi connectivity index (χ3v) is 11.5. The molecular weight excluding hydrogens is 324 g/mol. The first-order chi connectivity index (χ1) is 10.6. The Balaban J connectivity index is 2.26. The van der Waals surface area contributed by atoms with Gasteiger partial charge in [0.05, 0.1) is 25.2 Å². The highest BCUT2D eigenvalue weighted by Crippen LogP contribution is 2.73. The predicted octanol–water partition coefficient (Wildman–Crippen LogP) is 2.85. The van der Waals surface area contributed by atoms with Crippen LogP contribution in [0.3, 0.4) is 0 Å². The fourth-order valence-corrected chi connectivity index (χ4v) is 5.79. The summed E-state index contributed by atoms with van der Waals surface area (Å²) in [7, 11) is -0.713. The number of hydrogen-bond acceptors (Lipinski definition) is 5. The molecular formula is C18H34O5Si. The average molecular weight is 359 g/mol. The number of methoxy groups -OCH3 is 1. The van der Waals surface area contributed by atoms with Gasteiger partial charge in [-0.15, -0.1) is 0 Å². The van der Waals surface area contributed by atoms with Gasteiger partial charge >= 0.3 is 5.97 Å². The molecule has 6 heteroatoms. The third kappa shape index (κ3) is 2.85. The lowest BCUT2D eigenvalue weighted by molar-refractivity contribution is -0.162. The molecule has 2 N–H and O–H groups in total. The van der Waals surface area contributed by atoms with Crippen molar-refractivity contribution in [3.05, 3.63) is 0 Å². The van der Waals surface area contributed by atoms with Crippen LogP contribution in [0.5, 0.6) is 0 Å². The number of esters is 1. The second-order valence-corrected chi connectivity index (χ2v) is 14.5. The van der Waals surface area contributed by atoms with Crippen LogP contribution >= 0.6 is 0 Å². The molecule has 2 aliphatic rings. The van der Waals surface area contributed by atoms with E-state index in [4.69, 9.17) is 4.43 Å². The first-order valence-electron chi connectivity index (χ1n) is 8.80. The van der Waals surface area contributed by atoms with E-state index in [9.17, 15) is 15.0 Å². The number of aliphatic hydroxyl groups is 2. The molecule has 0 aromatic carbocycles. The van der Waals surface area contributed by atoms with Crippen molar-refractivity contribution < 1.29 is 24.2 Å². The first kappa shape index (κ1) is 19.9. The van der Waals surface area contributed by atoms with Gasteiger partial charge in [-0.05, 0) is 35.9 Å². The standard InChI is InChI=1S/C18H34O5Si/c1-15(2,3)24(7,8)23-18-10-13(19)17(21,11-14(20)22-6)9-12(18)16(18,4)5/h12-13,19,21H,9-11H2,1-8H3/t12-,13-,17-,18+/m0/s1. The number of fused-ring (bicyclic) bond motifs is 1. The highest BCUT2D eigenvalue weighted by atomic mass is 28.4. The second kappa shape index (κ2) is 5.53. The molecule has 0 spiro atoms. The number of hydrogen-bond donors (Lipinski definition) is 2. The maximum absolute atomic E-state index is 11.6. The number of aliphatic hydroxyl groups excluding tert-OH is 1. The zero-order valence-electron chi connectivity index (χ0n) is 16.4. The van der Waals surface area contributed by atoms with Crippen LogP contribution < -0.4 is 0 Å². The molecule has 0 bridgehead atoms.